The highest BCUT2D eigenvalue weighted by Crippen LogP contribution is 2.52. The van der Waals surface area contributed by atoms with Gasteiger partial charge in [0, 0.05) is 12.6 Å². The zero-order chi connectivity index (χ0) is 18.0. The van der Waals surface area contributed by atoms with Crippen LogP contribution in [0.2, 0.25) is 0 Å². The summed E-state index contributed by atoms with van der Waals surface area (Å²) in [6.07, 6.45) is 7.52. The summed E-state index contributed by atoms with van der Waals surface area (Å²) in [5, 5.41) is 3.13. The first-order valence-corrected chi connectivity index (χ1v) is 10.3. The summed E-state index contributed by atoms with van der Waals surface area (Å²) in [6.45, 7) is 10.5. The van der Waals surface area contributed by atoms with Crippen molar-refractivity contribution in [2.75, 3.05) is 26.2 Å². The van der Waals surface area contributed by atoms with Crippen LogP contribution in [0.15, 0.2) is 0 Å². The number of piperidine rings is 1. The molecule has 5 heteroatoms. The fourth-order valence-corrected chi connectivity index (χ4v) is 4.99. The molecule has 0 bridgehead atoms. The fraction of sp³-hybridized carbons (Fsp3) is 0.900. The standard InChI is InChI=1S/C20H35N3O2/c1-15(2)23-17(20(19(23)25)9-4-5-10-20)18(24)21-11-6-12-22-13-7-16(3)8-14-22/h15-17H,4-14H2,1-3H3,(H,21,24). The van der Waals surface area contributed by atoms with Gasteiger partial charge < -0.3 is 15.1 Å². The van der Waals surface area contributed by atoms with Crippen molar-refractivity contribution < 1.29 is 9.59 Å². The molecule has 3 rings (SSSR count). The van der Waals surface area contributed by atoms with Gasteiger partial charge in [0.05, 0.1) is 5.41 Å². The Morgan fingerprint density at radius 1 is 1.24 bits per heavy atom. The Hall–Kier alpha value is -1.10. The van der Waals surface area contributed by atoms with E-state index in [2.05, 4.69) is 17.1 Å². The van der Waals surface area contributed by atoms with E-state index in [4.69, 9.17) is 0 Å². The number of carbonyl (C=O) groups is 2. The molecule has 0 aromatic rings. The van der Waals surface area contributed by atoms with Crippen LogP contribution < -0.4 is 5.32 Å². The van der Waals surface area contributed by atoms with Crippen molar-refractivity contribution in [2.45, 2.75) is 77.8 Å². The Kier molecular flexibility index (Phi) is 5.71. The number of rotatable bonds is 6. The van der Waals surface area contributed by atoms with E-state index in [0.29, 0.717) is 0 Å². The average molecular weight is 350 g/mol. The van der Waals surface area contributed by atoms with Crippen molar-refractivity contribution in [1.29, 1.82) is 0 Å². The van der Waals surface area contributed by atoms with Crippen LogP contribution in [0, 0.1) is 11.3 Å². The molecule has 3 aliphatic rings. The molecule has 25 heavy (non-hydrogen) atoms. The molecule has 0 radical (unpaired) electrons. The predicted octanol–water partition coefficient (Wildman–Crippen LogP) is 2.40. The minimum absolute atomic E-state index is 0.0717. The van der Waals surface area contributed by atoms with E-state index in [-0.39, 0.29) is 29.3 Å². The smallest absolute Gasteiger partial charge is 0.243 e. The lowest BCUT2D eigenvalue weighted by molar-refractivity contribution is -0.181. The van der Waals surface area contributed by atoms with E-state index in [9.17, 15) is 9.59 Å². The second kappa shape index (κ2) is 7.65. The van der Waals surface area contributed by atoms with Gasteiger partial charge in [-0.1, -0.05) is 19.8 Å². The number of β-lactam (4-membered cyclic amide) rings is 1. The Labute approximate surface area is 152 Å². The van der Waals surface area contributed by atoms with Crippen LogP contribution in [-0.2, 0) is 9.59 Å². The van der Waals surface area contributed by atoms with Crippen LogP contribution in [0.3, 0.4) is 0 Å². The molecule has 1 saturated carbocycles. The van der Waals surface area contributed by atoms with Gasteiger partial charge in [0.15, 0.2) is 0 Å². The lowest BCUT2D eigenvalue weighted by atomic mass is 9.68. The third-order valence-electron chi connectivity index (χ3n) is 6.59. The molecule has 1 N–H and O–H groups in total. The van der Waals surface area contributed by atoms with Crippen molar-refractivity contribution >= 4 is 11.8 Å². The minimum atomic E-state index is -0.378. The summed E-state index contributed by atoms with van der Waals surface area (Å²) in [5.74, 6) is 1.14. The van der Waals surface area contributed by atoms with Gasteiger partial charge in [-0.3, -0.25) is 9.59 Å². The number of hydrogen-bond donors (Lipinski definition) is 1. The Morgan fingerprint density at radius 2 is 1.88 bits per heavy atom. The number of nitrogens with one attached hydrogen (secondary N) is 1. The van der Waals surface area contributed by atoms with Gasteiger partial charge in [-0.05, 0) is 71.5 Å². The molecule has 0 aromatic heterocycles. The molecule has 2 saturated heterocycles. The van der Waals surface area contributed by atoms with Crippen molar-refractivity contribution in [3.8, 4) is 0 Å². The minimum Gasteiger partial charge on any atom is -0.354 e. The molecule has 0 aromatic carbocycles. The van der Waals surface area contributed by atoms with Crippen LogP contribution in [0.4, 0.5) is 0 Å². The summed E-state index contributed by atoms with van der Waals surface area (Å²) in [7, 11) is 0. The molecule has 1 unspecified atom stereocenters. The maximum Gasteiger partial charge on any atom is 0.243 e. The summed E-state index contributed by atoms with van der Waals surface area (Å²) in [5.41, 5.74) is -0.378. The highest BCUT2D eigenvalue weighted by Gasteiger charge is 2.64. The Morgan fingerprint density at radius 3 is 2.48 bits per heavy atom. The number of amides is 2. The SMILES string of the molecule is CC1CCN(CCCNC(=O)C2N(C(C)C)C(=O)C23CCCC3)CC1. The van der Waals surface area contributed by atoms with Crippen molar-refractivity contribution in [3.63, 3.8) is 0 Å². The molecule has 3 fully saturated rings. The van der Waals surface area contributed by atoms with Gasteiger partial charge >= 0.3 is 0 Å². The molecule has 142 valence electrons. The molecule has 5 nitrogen and oxygen atoms in total. The quantitative estimate of drug-likeness (QED) is 0.592. The van der Waals surface area contributed by atoms with E-state index < -0.39 is 0 Å². The van der Waals surface area contributed by atoms with E-state index in [0.717, 1.165) is 51.1 Å². The first kappa shape index (κ1) is 18.7. The second-order valence-electron chi connectivity index (χ2n) is 8.74. The summed E-state index contributed by atoms with van der Waals surface area (Å²) in [6, 6.07) is -0.136. The van der Waals surface area contributed by atoms with Gasteiger partial charge in [0.2, 0.25) is 11.8 Å². The maximum absolute atomic E-state index is 12.8. The second-order valence-corrected chi connectivity index (χ2v) is 8.74. The largest absolute Gasteiger partial charge is 0.354 e. The Bertz CT molecular complexity index is 491. The van der Waals surface area contributed by atoms with Crippen LogP contribution in [0.25, 0.3) is 0 Å². The summed E-state index contributed by atoms with van der Waals surface area (Å²) in [4.78, 5) is 29.8. The van der Waals surface area contributed by atoms with Crippen LogP contribution in [0.5, 0.6) is 0 Å². The molecule has 1 spiro atoms. The van der Waals surface area contributed by atoms with Crippen LogP contribution in [0.1, 0.15) is 65.7 Å². The average Bonchev–Trinajstić information content (AvgIpc) is 3.09. The van der Waals surface area contributed by atoms with Gasteiger partial charge in [0.25, 0.3) is 0 Å². The number of nitrogens with zero attached hydrogens (tertiary/aromatic N) is 2. The van der Waals surface area contributed by atoms with Crippen LogP contribution in [-0.4, -0.2) is 59.9 Å². The zero-order valence-corrected chi connectivity index (χ0v) is 16.2. The molecule has 2 amide bonds. The van der Waals surface area contributed by atoms with E-state index in [1.165, 1.54) is 25.9 Å². The van der Waals surface area contributed by atoms with Gasteiger partial charge in [-0.15, -0.1) is 0 Å². The van der Waals surface area contributed by atoms with Crippen LogP contribution >= 0.6 is 0 Å². The maximum atomic E-state index is 12.8. The molecule has 1 aliphatic carbocycles. The third-order valence-corrected chi connectivity index (χ3v) is 6.59. The molecule has 2 aliphatic heterocycles. The lowest BCUT2D eigenvalue weighted by Gasteiger charge is -2.55. The highest BCUT2D eigenvalue weighted by molar-refractivity contribution is 6.02. The predicted molar refractivity (Wildman–Crippen MR) is 99.1 cm³/mol. The van der Waals surface area contributed by atoms with E-state index in [1.807, 2.05) is 18.7 Å². The van der Waals surface area contributed by atoms with Crippen molar-refractivity contribution in [1.82, 2.24) is 15.1 Å². The Balaban J connectivity index is 1.47. The monoisotopic (exact) mass is 349 g/mol. The van der Waals surface area contributed by atoms with E-state index in [1.54, 1.807) is 0 Å². The highest BCUT2D eigenvalue weighted by atomic mass is 16.2. The molecular weight excluding hydrogens is 314 g/mol. The molecule has 2 heterocycles. The first-order valence-electron chi connectivity index (χ1n) is 10.3. The van der Waals surface area contributed by atoms with Crippen molar-refractivity contribution in [2.24, 2.45) is 11.3 Å². The number of carbonyl (C=O) groups excluding carboxylic acids is 2. The topological polar surface area (TPSA) is 52.7 Å². The zero-order valence-electron chi connectivity index (χ0n) is 16.2. The van der Waals surface area contributed by atoms with Gasteiger partial charge in [0.1, 0.15) is 6.04 Å². The van der Waals surface area contributed by atoms with Crippen molar-refractivity contribution in [3.05, 3.63) is 0 Å². The summed E-state index contributed by atoms with van der Waals surface area (Å²) < 4.78 is 0. The fourth-order valence-electron chi connectivity index (χ4n) is 4.99. The van der Waals surface area contributed by atoms with E-state index >= 15 is 0 Å². The molecule has 1 atom stereocenters. The number of hydrogen-bond acceptors (Lipinski definition) is 3. The van der Waals surface area contributed by atoms with Gasteiger partial charge in [-0.2, -0.15) is 0 Å². The normalized spacial score (nSPS) is 27.1. The summed E-state index contributed by atoms with van der Waals surface area (Å²) >= 11 is 0. The first-order chi connectivity index (χ1) is 12.0. The third kappa shape index (κ3) is 3.57. The molecular formula is C20H35N3O2. The van der Waals surface area contributed by atoms with Gasteiger partial charge in [-0.25, -0.2) is 0 Å². The number of likely N-dealkylation sites (tertiary alicyclic amines) is 2. The lowest BCUT2D eigenvalue weighted by Crippen LogP contribution is -2.74.